The van der Waals surface area contributed by atoms with Gasteiger partial charge in [0.1, 0.15) is 23.4 Å². The van der Waals surface area contributed by atoms with Gasteiger partial charge in [-0.25, -0.2) is 4.79 Å². The molecule has 244 valence electrons. The van der Waals surface area contributed by atoms with Crippen molar-refractivity contribution in [1.82, 2.24) is 15.5 Å². The molecule has 2 aromatic carbocycles. The van der Waals surface area contributed by atoms with Crippen molar-refractivity contribution in [1.29, 1.82) is 0 Å². The maximum absolute atomic E-state index is 14.9. The number of rotatable bonds is 14. The lowest BCUT2D eigenvalue weighted by Gasteiger charge is -2.40. The molecule has 44 heavy (non-hydrogen) atoms. The lowest BCUT2D eigenvalue weighted by Crippen LogP contribution is -2.56. The summed E-state index contributed by atoms with van der Waals surface area (Å²) in [5.74, 6) is -0.109. The molecule has 0 fully saturated rings. The Hall–Kier alpha value is -3.55. The van der Waals surface area contributed by atoms with Gasteiger partial charge in [0, 0.05) is 18.5 Å². The van der Waals surface area contributed by atoms with E-state index in [1.165, 1.54) is 0 Å². The van der Waals surface area contributed by atoms with Crippen LogP contribution in [0.15, 0.2) is 42.5 Å². The van der Waals surface area contributed by atoms with E-state index in [0.717, 1.165) is 41.5 Å². The van der Waals surface area contributed by atoms with Gasteiger partial charge in [0.15, 0.2) is 0 Å². The van der Waals surface area contributed by atoms with Crippen LogP contribution in [0.25, 0.3) is 0 Å². The Balaban J connectivity index is 2.72. The number of aryl methyl sites for hydroxylation is 1. The van der Waals surface area contributed by atoms with E-state index in [0.29, 0.717) is 12.3 Å². The van der Waals surface area contributed by atoms with Crippen LogP contribution < -0.4 is 10.6 Å². The normalized spacial score (nSPS) is 14.3. The topological polar surface area (TPSA) is 108 Å². The third-order valence-electron chi connectivity index (χ3n) is 7.83. The highest BCUT2D eigenvalue weighted by atomic mass is 16.6. The largest absolute Gasteiger partial charge is 0.508 e. The number of phenols is 1. The van der Waals surface area contributed by atoms with Crippen LogP contribution in [0.4, 0.5) is 4.79 Å². The van der Waals surface area contributed by atoms with E-state index >= 15 is 0 Å². The number of benzene rings is 2. The number of phenolic OH excluding ortho intramolecular Hbond substituents is 1. The number of amides is 3. The minimum atomic E-state index is -1.02. The minimum absolute atomic E-state index is 0.0734. The smallest absolute Gasteiger partial charge is 0.408 e. The number of carbonyl (C=O) groups excluding carboxylic acids is 3. The fraction of sp³-hybridized carbons (Fsp3) is 0.583. The average molecular weight is 610 g/mol. The molecule has 0 saturated carbocycles. The van der Waals surface area contributed by atoms with Gasteiger partial charge >= 0.3 is 6.09 Å². The number of hydrogen-bond donors (Lipinski definition) is 3. The number of ether oxygens (including phenoxy) is 1. The number of alkyl carbamates (subject to hydrolysis) is 1. The highest BCUT2D eigenvalue weighted by Gasteiger charge is 2.40. The molecular weight excluding hydrogens is 554 g/mol. The van der Waals surface area contributed by atoms with Gasteiger partial charge < -0.3 is 25.4 Å². The molecule has 0 aliphatic carbocycles. The molecule has 8 heteroatoms. The number of aromatic hydroxyl groups is 1. The van der Waals surface area contributed by atoms with Crippen LogP contribution in [0.2, 0.25) is 0 Å². The summed E-state index contributed by atoms with van der Waals surface area (Å²) in [6, 6.07) is 10.1. The monoisotopic (exact) mass is 609 g/mol. The van der Waals surface area contributed by atoms with Crippen molar-refractivity contribution >= 4 is 17.9 Å². The molecule has 0 saturated heterocycles. The quantitative estimate of drug-likeness (QED) is 0.211. The van der Waals surface area contributed by atoms with E-state index in [1.54, 1.807) is 49.9 Å². The number of nitrogens with one attached hydrogen (secondary N) is 2. The summed E-state index contributed by atoms with van der Waals surface area (Å²) in [6.07, 6.45) is 2.71. The molecule has 0 heterocycles. The Morgan fingerprint density at radius 1 is 0.909 bits per heavy atom. The van der Waals surface area contributed by atoms with Gasteiger partial charge in [0.25, 0.3) is 0 Å². The summed E-state index contributed by atoms with van der Waals surface area (Å²) in [5.41, 5.74) is 2.71. The van der Waals surface area contributed by atoms with Crippen molar-refractivity contribution in [3.8, 4) is 5.75 Å². The van der Waals surface area contributed by atoms with Crippen LogP contribution in [-0.2, 0) is 20.7 Å². The van der Waals surface area contributed by atoms with Crippen LogP contribution in [-0.4, -0.2) is 51.6 Å². The fourth-order valence-corrected chi connectivity index (χ4v) is 5.32. The molecule has 3 amide bonds. The molecule has 0 bridgehead atoms. The second-order valence-corrected chi connectivity index (χ2v) is 13.5. The molecule has 8 nitrogen and oxygen atoms in total. The van der Waals surface area contributed by atoms with Gasteiger partial charge in [-0.2, -0.15) is 0 Å². The highest BCUT2D eigenvalue weighted by Crippen LogP contribution is 2.31. The van der Waals surface area contributed by atoms with Crippen LogP contribution in [0.5, 0.6) is 5.75 Å². The molecule has 2 aromatic rings. The molecule has 2 rings (SSSR count). The van der Waals surface area contributed by atoms with Crippen LogP contribution in [0.3, 0.4) is 0 Å². The summed E-state index contributed by atoms with van der Waals surface area (Å²) in [6.45, 7) is 19.6. The van der Waals surface area contributed by atoms with E-state index in [4.69, 9.17) is 4.74 Å². The number of carbonyl (C=O) groups is 3. The SMILES string of the molecule is CCCC(C)NC(=O)C(c1cccc(C)c1C)N(C(=O)C(Cc1ccc(O)cc1)NC(=O)OC(C)(C)C)C(C)CCC(C)C. The fourth-order valence-electron chi connectivity index (χ4n) is 5.32. The lowest BCUT2D eigenvalue weighted by atomic mass is 9.92. The van der Waals surface area contributed by atoms with Crippen molar-refractivity contribution in [2.45, 2.75) is 131 Å². The first-order chi connectivity index (χ1) is 20.5. The maximum Gasteiger partial charge on any atom is 0.408 e. The Kier molecular flexibility index (Phi) is 13.7. The third-order valence-corrected chi connectivity index (χ3v) is 7.83. The summed E-state index contributed by atoms with van der Waals surface area (Å²) in [7, 11) is 0. The van der Waals surface area contributed by atoms with Gasteiger partial charge in [-0.3, -0.25) is 9.59 Å². The maximum atomic E-state index is 14.9. The summed E-state index contributed by atoms with van der Waals surface area (Å²) < 4.78 is 5.56. The Labute approximate surface area is 264 Å². The zero-order valence-electron chi connectivity index (χ0n) is 28.5. The summed E-state index contributed by atoms with van der Waals surface area (Å²) >= 11 is 0. The van der Waals surface area contributed by atoms with Crippen molar-refractivity contribution in [2.24, 2.45) is 5.92 Å². The van der Waals surface area contributed by atoms with Gasteiger partial charge in [0.2, 0.25) is 11.8 Å². The zero-order valence-corrected chi connectivity index (χ0v) is 28.5. The molecule has 0 aromatic heterocycles. The molecular formula is C36H55N3O5. The van der Waals surface area contributed by atoms with Crippen molar-refractivity contribution < 1.29 is 24.2 Å². The Morgan fingerprint density at radius 3 is 2.11 bits per heavy atom. The first-order valence-corrected chi connectivity index (χ1v) is 16.0. The number of nitrogens with zero attached hydrogens (tertiary/aromatic N) is 1. The number of hydrogen-bond acceptors (Lipinski definition) is 5. The minimum Gasteiger partial charge on any atom is -0.508 e. The van der Waals surface area contributed by atoms with Crippen LogP contribution in [0, 0.1) is 19.8 Å². The van der Waals surface area contributed by atoms with Gasteiger partial charge in [0.05, 0.1) is 0 Å². The zero-order chi connectivity index (χ0) is 33.2. The summed E-state index contributed by atoms with van der Waals surface area (Å²) in [4.78, 5) is 43.9. The standard InChI is InChI=1S/C36H55N3O5/c1-11-13-25(5)37-33(41)32(30-15-12-14-24(4)27(30)7)39(26(6)17-16-23(2)3)34(42)31(38-35(43)44-36(8,9)10)22-28-18-20-29(40)21-19-28/h12,14-15,18-21,23,25-26,31-32,40H,11,13,16-17,22H2,1-10H3,(H,37,41)(H,38,43). The molecule has 0 spiro atoms. The molecule has 3 N–H and O–H groups in total. The molecule has 0 aliphatic rings. The van der Waals surface area contributed by atoms with Gasteiger partial charge in [-0.15, -0.1) is 0 Å². The Bertz CT molecular complexity index is 1240. The second kappa shape index (κ2) is 16.5. The van der Waals surface area contributed by atoms with E-state index in [-0.39, 0.29) is 36.1 Å². The lowest BCUT2D eigenvalue weighted by molar-refractivity contribution is -0.145. The Morgan fingerprint density at radius 2 is 1.55 bits per heavy atom. The van der Waals surface area contributed by atoms with Crippen molar-refractivity contribution in [3.63, 3.8) is 0 Å². The van der Waals surface area contributed by atoms with Crippen molar-refractivity contribution in [2.75, 3.05) is 0 Å². The second-order valence-electron chi connectivity index (χ2n) is 13.5. The predicted octanol–water partition coefficient (Wildman–Crippen LogP) is 7.14. The third kappa shape index (κ3) is 11.2. The molecule has 4 unspecified atom stereocenters. The molecule has 0 aliphatic heterocycles. The summed E-state index contributed by atoms with van der Waals surface area (Å²) in [5, 5.41) is 15.8. The van der Waals surface area contributed by atoms with E-state index < -0.39 is 23.8 Å². The average Bonchev–Trinajstić information content (AvgIpc) is 2.91. The van der Waals surface area contributed by atoms with E-state index in [9.17, 15) is 19.5 Å². The van der Waals surface area contributed by atoms with E-state index in [1.807, 2.05) is 45.9 Å². The molecule has 0 radical (unpaired) electrons. The first kappa shape index (κ1) is 36.6. The van der Waals surface area contributed by atoms with E-state index in [2.05, 4.69) is 31.4 Å². The van der Waals surface area contributed by atoms with Crippen LogP contribution in [0.1, 0.15) is 109 Å². The first-order valence-electron chi connectivity index (χ1n) is 16.0. The predicted molar refractivity (Wildman–Crippen MR) is 177 cm³/mol. The van der Waals surface area contributed by atoms with Crippen LogP contribution >= 0.6 is 0 Å². The van der Waals surface area contributed by atoms with Gasteiger partial charge in [-0.1, -0.05) is 57.5 Å². The highest BCUT2D eigenvalue weighted by molar-refractivity contribution is 5.93. The van der Waals surface area contributed by atoms with Gasteiger partial charge in [-0.05, 0) is 108 Å². The van der Waals surface area contributed by atoms with Crippen molar-refractivity contribution in [3.05, 3.63) is 64.7 Å². The molecule has 4 atom stereocenters.